The summed E-state index contributed by atoms with van der Waals surface area (Å²) >= 11 is 0. The van der Waals surface area contributed by atoms with Crippen LogP contribution in [0.5, 0.6) is 0 Å². The van der Waals surface area contributed by atoms with E-state index in [0.29, 0.717) is 26.2 Å². The SMILES string of the molecule is Cc1ccc(S(=O)(=O)NC(C)C(=O)N2CCN(c3ccc(F)cc3)CC2)cc1. The van der Waals surface area contributed by atoms with Gasteiger partial charge in [-0.2, -0.15) is 4.72 Å². The Morgan fingerprint density at radius 1 is 1.00 bits per heavy atom. The van der Waals surface area contributed by atoms with Gasteiger partial charge in [-0.15, -0.1) is 0 Å². The molecular weight excluding hydrogens is 381 g/mol. The van der Waals surface area contributed by atoms with Gasteiger partial charge in [0.05, 0.1) is 10.9 Å². The molecule has 1 aliphatic heterocycles. The first kappa shape index (κ1) is 20.3. The Bertz CT molecular complexity index is 922. The van der Waals surface area contributed by atoms with Crippen molar-refractivity contribution in [2.24, 2.45) is 0 Å². The number of sulfonamides is 1. The Morgan fingerprint density at radius 3 is 2.14 bits per heavy atom. The van der Waals surface area contributed by atoms with Gasteiger partial charge in [0.25, 0.3) is 0 Å². The summed E-state index contributed by atoms with van der Waals surface area (Å²) in [7, 11) is -3.76. The topological polar surface area (TPSA) is 69.7 Å². The van der Waals surface area contributed by atoms with E-state index in [1.807, 2.05) is 6.92 Å². The zero-order chi connectivity index (χ0) is 20.3. The van der Waals surface area contributed by atoms with Gasteiger partial charge in [0, 0.05) is 31.9 Å². The maximum Gasteiger partial charge on any atom is 0.241 e. The fourth-order valence-corrected chi connectivity index (χ4v) is 4.38. The molecule has 150 valence electrons. The van der Waals surface area contributed by atoms with Crippen molar-refractivity contribution in [3.63, 3.8) is 0 Å². The molecule has 1 heterocycles. The number of aryl methyl sites for hydroxylation is 1. The molecule has 1 saturated heterocycles. The Kier molecular flexibility index (Phi) is 6.00. The third kappa shape index (κ3) is 4.69. The van der Waals surface area contributed by atoms with Gasteiger partial charge >= 0.3 is 0 Å². The number of hydrogen-bond donors (Lipinski definition) is 1. The lowest BCUT2D eigenvalue weighted by molar-refractivity contribution is -0.132. The fourth-order valence-electron chi connectivity index (χ4n) is 3.18. The molecule has 6 nitrogen and oxygen atoms in total. The summed E-state index contributed by atoms with van der Waals surface area (Å²) in [5, 5.41) is 0. The van der Waals surface area contributed by atoms with Crippen molar-refractivity contribution < 1.29 is 17.6 Å². The van der Waals surface area contributed by atoms with Gasteiger partial charge in [-0.25, -0.2) is 12.8 Å². The van der Waals surface area contributed by atoms with Crippen LogP contribution in [0.15, 0.2) is 53.4 Å². The maximum atomic E-state index is 13.1. The summed E-state index contributed by atoms with van der Waals surface area (Å²) in [6.07, 6.45) is 0. The summed E-state index contributed by atoms with van der Waals surface area (Å²) in [6, 6.07) is 11.9. The summed E-state index contributed by atoms with van der Waals surface area (Å²) in [6.45, 7) is 5.60. The molecule has 0 spiro atoms. The van der Waals surface area contributed by atoms with Crippen LogP contribution in [-0.2, 0) is 14.8 Å². The van der Waals surface area contributed by atoms with E-state index in [9.17, 15) is 17.6 Å². The average molecular weight is 405 g/mol. The van der Waals surface area contributed by atoms with Gasteiger partial charge < -0.3 is 9.80 Å². The number of halogens is 1. The number of nitrogens with zero attached hydrogens (tertiary/aromatic N) is 2. The molecule has 1 aliphatic rings. The van der Waals surface area contributed by atoms with Gasteiger partial charge in [0.2, 0.25) is 15.9 Å². The summed E-state index contributed by atoms with van der Waals surface area (Å²) < 4.78 is 40.5. The Labute approximate surface area is 165 Å². The first-order chi connectivity index (χ1) is 13.3. The standard InChI is InChI=1S/C20H24FN3O3S/c1-15-3-9-19(10-4-15)28(26,27)22-16(2)20(25)24-13-11-23(12-14-24)18-7-5-17(21)6-8-18/h3-10,16,22H,11-14H2,1-2H3. The quantitative estimate of drug-likeness (QED) is 0.828. The number of hydrogen-bond acceptors (Lipinski definition) is 4. The lowest BCUT2D eigenvalue weighted by Crippen LogP contribution is -2.54. The predicted molar refractivity (Wildman–Crippen MR) is 106 cm³/mol. The van der Waals surface area contributed by atoms with Crippen molar-refractivity contribution in [1.29, 1.82) is 0 Å². The van der Waals surface area contributed by atoms with Gasteiger partial charge in [0.15, 0.2) is 0 Å². The van der Waals surface area contributed by atoms with Crippen molar-refractivity contribution in [2.75, 3.05) is 31.1 Å². The van der Waals surface area contributed by atoms with E-state index in [1.54, 1.807) is 36.1 Å². The molecular formula is C20H24FN3O3S. The average Bonchev–Trinajstić information content (AvgIpc) is 2.68. The molecule has 1 atom stereocenters. The van der Waals surface area contributed by atoms with Gasteiger partial charge in [-0.3, -0.25) is 4.79 Å². The van der Waals surface area contributed by atoms with Gasteiger partial charge in [-0.1, -0.05) is 17.7 Å². The normalized spacial score (nSPS) is 16.1. The minimum absolute atomic E-state index is 0.138. The molecule has 8 heteroatoms. The van der Waals surface area contributed by atoms with Gasteiger partial charge in [0.1, 0.15) is 5.82 Å². The molecule has 2 aromatic carbocycles. The number of amides is 1. The minimum Gasteiger partial charge on any atom is -0.368 e. The first-order valence-electron chi connectivity index (χ1n) is 9.14. The van der Waals surface area contributed by atoms with E-state index >= 15 is 0 Å². The maximum absolute atomic E-state index is 13.1. The lowest BCUT2D eigenvalue weighted by Gasteiger charge is -2.37. The highest BCUT2D eigenvalue weighted by Crippen LogP contribution is 2.17. The van der Waals surface area contributed by atoms with Crippen molar-refractivity contribution in [3.05, 3.63) is 59.9 Å². The Morgan fingerprint density at radius 2 is 1.57 bits per heavy atom. The number of anilines is 1. The van der Waals surface area contributed by atoms with Crippen LogP contribution in [0.25, 0.3) is 0 Å². The highest BCUT2D eigenvalue weighted by atomic mass is 32.2. The number of rotatable bonds is 5. The summed E-state index contributed by atoms with van der Waals surface area (Å²) in [5.74, 6) is -0.540. The second-order valence-electron chi connectivity index (χ2n) is 6.94. The van der Waals surface area contributed by atoms with E-state index < -0.39 is 16.1 Å². The minimum atomic E-state index is -3.76. The van der Waals surface area contributed by atoms with E-state index in [0.717, 1.165) is 11.3 Å². The highest BCUT2D eigenvalue weighted by Gasteiger charge is 2.28. The van der Waals surface area contributed by atoms with E-state index in [2.05, 4.69) is 9.62 Å². The lowest BCUT2D eigenvalue weighted by atomic mass is 10.2. The second kappa shape index (κ2) is 8.28. The van der Waals surface area contributed by atoms with Crippen molar-refractivity contribution in [3.8, 4) is 0 Å². The number of nitrogens with one attached hydrogen (secondary N) is 1. The second-order valence-corrected chi connectivity index (χ2v) is 8.66. The Balaban J connectivity index is 1.58. The van der Waals surface area contributed by atoms with Crippen LogP contribution in [0.1, 0.15) is 12.5 Å². The molecule has 0 bridgehead atoms. The zero-order valence-corrected chi connectivity index (χ0v) is 16.7. The van der Waals surface area contributed by atoms with Crippen LogP contribution in [0, 0.1) is 12.7 Å². The third-order valence-electron chi connectivity index (χ3n) is 4.82. The smallest absolute Gasteiger partial charge is 0.241 e. The highest BCUT2D eigenvalue weighted by molar-refractivity contribution is 7.89. The molecule has 0 radical (unpaired) electrons. The van der Waals surface area contributed by atoms with Crippen molar-refractivity contribution in [2.45, 2.75) is 24.8 Å². The van der Waals surface area contributed by atoms with E-state index in [1.165, 1.54) is 24.3 Å². The fraction of sp³-hybridized carbons (Fsp3) is 0.350. The first-order valence-corrected chi connectivity index (χ1v) is 10.6. The van der Waals surface area contributed by atoms with Crippen LogP contribution in [0.2, 0.25) is 0 Å². The number of carbonyl (C=O) groups is 1. The van der Waals surface area contributed by atoms with Crippen molar-refractivity contribution in [1.82, 2.24) is 9.62 Å². The molecule has 0 aromatic heterocycles. The predicted octanol–water partition coefficient (Wildman–Crippen LogP) is 2.15. The molecule has 1 fully saturated rings. The monoisotopic (exact) mass is 405 g/mol. The molecule has 1 unspecified atom stereocenters. The molecule has 0 saturated carbocycles. The Hall–Kier alpha value is -2.45. The van der Waals surface area contributed by atoms with Crippen LogP contribution in [0.4, 0.5) is 10.1 Å². The molecule has 0 aliphatic carbocycles. The molecule has 1 N–H and O–H groups in total. The van der Waals surface area contributed by atoms with E-state index in [-0.39, 0.29) is 16.6 Å². The third-order valence-corrected chi connectivity index (χ3v) is 6.37. The summed E-state index contributed by atoms with van der Waals surface area (Å²) in [5.41, 5.74) is 1.86. The van der Waals surface area contributed by atoms with Crippen LogP contribution >= 0.6 is 0 Å². The van der Waals surface area contributed by atoms with Crippen LogP contribution < -0.4 is 9.62 Å². The molecule has 1 amide bonds. The largest absolute Gasteiger partial charge is 0.368 e. The molecule has 2 aromatic rings. The van der Waals surface area contributed by atoms with Crippen LogP contribution in [-0.4, -0.2) is 51.4 Å². The summed E-state index contributed by atoms with van der Waals surface area (Å²) in [4.78, 5) is 16.5. The van der Waals surface area contributed by atoms with Gasteiger partial charge in [-0.05, 0) is 50.2 Å². The number of benzene rings is 2. The van der Waals surface area contributed by atoms with Crippen LogP contribution in [0.3, 0.4) is 0 Å². The number of piperazine rings is 1. The molecule has 3 rings (SSSR count). The van der Waals surface area contributed by atoms with Crippen molar-refractivity contribution >= 4 is 21.6 Å². The zero-order valence-electron chi connectivity index (χ0n) is 15.9. The van der Waals surface area contributed by atoms with E-state index in [4.69, 9.17) is 0 Å². The molecule has 28 heavy (non-hydrogen) atoms. The number of carbonyl (C=O) groups excluding carboxylic acids is 1.